The molecule has 2 aromatic carbocycles. The van der Waals surface area contributed by atoms with Gasteiger partial charge in [0, 0.05) is 31.7 Å². The molecule has 1 N–H and O–H groups in total. The third kappa shape index (κ3) is 8.33. The van der Waals surface area contributed by atoms with Gasteiger partial charge in [-0.25, -0.2) is 9.59 Å². The van der Waals surface area contributed by atoms with Crippen molar-refractivity contribution < 1.29 is 54.9 Å². The number of nitrogens with one attached hydrogen (secondary N) is 1. The molecule has 0 saturated heterocycles. The molecule has 1 aliphatic heterocycles. The summed E-state index contributed by atoms with van der Waals surface area (Å²) in [7, 11) is 5.94. The first-order chi connectivity index (χ1) is 21.4. The van der Waals surface area contributed by atoms with Gasteiger partial charge in [0.15, 0.2) is 0 Å². The number of benzene rings is 2. The number of rotatable bonds is 9. The van der Waals surface area contributed by atoms with Crippen molar-refractivity contribution in [1.29, 1.82) is 0 Å². The molecule has 2 unspecified atom stereocenters. The Morgan fingerprint density at radius 3 is 2.09 bits per heavy atom. The molecule has 0 saturated carbocycles. The summed E-state index contributed by atoms with van der Waals surface area (Å²) in [6.07, 6.45) is -12.1. The highest BCUT2D eigenvalue weighted by Crippen LogP contribution is 2.45. The fourth-order valence-corrected chi connectivity index (χ4v) is 5.18. The van der Waals surface area contributed by atoms with Crippen LogP contribution in [0.1, 0.15) is 58.9 Å². The summed E-state index contributed by atoms with van der Waals surface area (Å²) < 4.78 is 97.4. The Balaban J connectivity index is 2.23. The lowest BCUT2D eigenvalue weighted by molar-refractivity contribution is -0.143. The predicted molar refractivity (Wildman–Crippen MR) is 155 cm³/mol. The zero-order chi connectivity index (χ0) is 34.6. The van der Waals surface area contributed by atoms with Crippen LogP contribution in [0.5, 0.6) is 5.75 Å². The molecule has 46 heavy (non-hydrogen) atoms. The normalized spacial score (nSPS) is 16.5. The molecule has 0 fully saturated rings. The van der Waals surface area contributed by atoms with Gasteiger partial charge in [-0.05, 0) is 69.8 Å². The summed E-state index contributed by atoms with van der Waals surface area (Å²) in [6, 6.07) is 2.06. The second-order valence-electron chi connectivity index (χ2n) is 10.9. The molecule has 1 aliphatic rings. The van der Waals surface area contributed by atoms with Gasteiger partial charge >= 0.3 is 24.5 Å². The number of alkyl halides is 6. The number of halogens is 6. The number of ether oxygens (including phenoxy) is 3. The fourth-order valence-electron chi connectivity index (χ4n) is 5.18. The van der Waals surface area contributed by atoms with Gasteiger partial charge in [-0.1, -0.05) is 0 Å². The Hall–Kier alpha value is -4.21. The SMILES string of the molecule is CCOC(=O)N1c2cc(OC)c(C(=O)NCCN(C)C)cc2C(N(Cc2cc(C(F)(F)F)cc(C(F)(F)F)c2)C(=O)OC)CC1C. The summed E-state index contributed by atoms with van der Waals surface area (Å²) in [5, 5.41) is 2.75. The zero-order valence-electron chi connectivity index (χ0n) is 26.1. The number of hydrogen-bond donors (Lipinski definition) is 1. The van der Waals surface area contributed by atoms with Crippen molar-refractivity contribution >= 4 is 23.8 Å². The van der Waals surface area contributed by atoms with Crippen LogP contribution < -0.4 is 15.0 Å². The van der Waals surface area contributed by atoms with Gasteiger partial charge in [0.05, 0.1) is 49.2 Å². The molecule has 2 aromatic rings. The van der Waals surface area contributed by atoms with E-state index in [0.29, 0.717) is 18.7 Å². The minimum absolute atomic E-state index is 0.00531. The maximum Gasteiger partial charge on any atom is 0.416 e. The van der Waals surface area contributed by atoms with E-state index in [0.717, 1.165) is 12.0 Å². The number of carbonyl (C=O) groups is 3. The molecular formula is C30H36F6N4O6. The Labute approximate surface area is 262 Å². The smallest absolute Gasteiger partial charge is 0.416 e. The molecule has 1 heterocycles. The van der Waals surface area contributed by atoms with Crippen LogP contribution in [0.4, 0.5) is 41.6 Å². The highest BCUT2D eigenvalue weighted by atomic mass is 19.4. The Morgan fingerprint density at radius 2 is 1.59 bits per heavy atom. The molecule has 0 bridgehead atoms. The van der Waals surface area contributed by atoms with E-state index in [-0.39, 0.29) is 48.2 Å². The van der Waals surface area contributed by atoms with Crippen LogP contribution in [0.15, 0.2) is 30.3 Å². The number of amides is 3. The minimum atomic E-state index is -5.11. The van der Waals surface area contributed by atoms with Crippen molar-refractivity contribution in [2.45, 2.75) is 51.2 Å². The molecule has 0 aliphatic carbocycles. The number of likely N-dealkylation sites (N-methyl/N-ethyl adjacent to an activating group) is 1. The van der Waals surface area contributed by atoms with E-state index >= 15 is 0 Å². The van der Waals surface area contributed by atoms with Crippen LogP contribution in [0.3, 0.4) is 0 Å². The fraction of sp³-hybridized carbons (Fsp3) is 0.500. The first kappa shape index (κ1) is 36.3. The van der Waals surface area contributed by atoms with Crippen LogP contribution in [0, 0.1) is 0 Å². The highest BCUT2D eigenvalue weighted by Gasteiger charge is 2.42. The van der Waals surface area contributed by atoms with E-state index in [9.17, 15) is 40.7 Å². The summed E-state index contributed by atoms with van der Waals surface area (Å²) in [6.45, 7) is 3.28. The van der Waals surface area contributed by atoms with E-state index in [4.69, 9.17) is 14.2 Å². The van der Waals surface area contributed by atoms with E-state index in [1.54, 1.807) is 13.8 Å². The van der Waals surface area contributed by atoms with Gasteiger partial charge in [0.2, 0.25) is 0 Å². The Morgan fingerprint density at radius 1 is 0.978 bits per heavy atom. The Bertz CT molecular complexity index is 1400. The van der Waals surface area contributed by atoms with Gasteiger partial charge in [-0.2, -0.15) is 26.3 Å². The standard InChI is InChI=1S/C30H36F6N4O6/c1-7-46-28(43)40-17(2)10-23(21-14-22(25(44-5)15-24(21)40)26(41)37-8-9-38(3)4)39(27(42)45-6)16-18-11-19(29(31,32)33)13-20(12-18)30(34,35)36/h11-15,17,23H,7-10,16H2,1-6H3,(H,37,41). The first-order valence-corrected chi connectivity index (χ1v) is 14.2. The molecule has 3 rings (SSSR count). The lowest BCUT2D eigenvalue weighted by atomic mass is 9.88. The number of fused-ring (bicyclic) bond motifs is 1. The summed E-state index contributed by atoms with van der Waals surface area (Å²) in [5.74, 6) is -0.487. The van der Waals surface area contributed by atoms with Crippen LogP contribution in [0.25, 0.3) is 0 Å². The number of hydrogen-bond acceptors (Lipinski definition) is 7. The van der Waals surface area contributed by atoms with Crippen LogP contribution in [-0.4, -0.2) is 81.9 Å². The largest absolute Gasteiger partial charge is 0.496 e. The second kappa shape index (κ2) is 14.5. The summed E-state index contributed by atoms with van der Waals surface area (Å²) >= 11 is 0. The number of nitrogens with zero attached hydrogens (tertiary/aromatic N) is 3. The van der Waals surface area contributed by atoms with E-state index in [1.807, 2.05) is 19.0 Å². The maximum atomic E-state index is 13.6. The van der Waals surface area contributed by atoms with Gasteiger partial charge in [0.25, 0.3) is 5.91 Å². The van der Waals surface area contributed by atoms with E-state index in [1.165, 1.54) is 24.1 Å². The molecule has 10 nitrogen and oxygen atoms in total. The molecule has 2 atom stereocenters. The monoisotopic (exact) mass is 662 g/mol. The lowest BCUT2D eigenvalue weighted by Gasteiger charge is -2.42. The van der Waals surface area contributed by atoms with Crippen molar-refractivity contribution in [3.05, 3.63) is 58.1 Å². The van der Waals surface area contributed by atoms with Crippen LogP contribution >= 0.6 is 0 Å². The van der Waals surface area contributed by atoms with Crippen molar-refractivity contribution in [1.82, 2.24) is 15.1 Å². The topological polar surface area (TPSA) is 101 Å². The predicted octanol–water partition coefficient (Wildman–Crippen LogP) is 6.09. The average molecular weight is 663 g/mol. The van der Waals surface area contributed by atoms with Crippen molar-refractivity contribution in [2.75, 3.05) is 52.9 Å². The van der Waals surface area contributed by atoms with Crippen molar-refractivity contribution in [3.8, 4) is 5.75 Å². The zero-order valence-corrected chi connectivity index (χ0v) is 26.1. The first-order valence-electron chi connectivity index (χ1n) is 14.2. The van der Waals surface area contributed by atoms with Crippen LogP contribution in [-0.2, 0) is 28.4 Å². The van der Waals surface area contributed by atoms with Gasteiger partial charge < -0.3 is 24.4 Å². The van der Waals surface area contributed by atoms with Gasteiger partial charge in [0.1, 0.15) is 5.75 Å². The Kier molecular flexibility index (Phi) is 11.4. The molecule has 0 radical (unpaired) electrons. The lowest BCUT2D eigenvalue weighted by Crippen LogP contribution is -2.48. The molecule has 3 amide bonds. The molecule has 16 heteroatoms. The van der Waals surface area contributed by atoms with Crippen LogP contribution in [0.2, 0.25) is 0 Å². The van der Waals surface area contributed by atoms with Crippen molar-refractivity contribution in [2.24, 2.45) is 0 Å². The van der Waals surface area contributed by atoms with E-state index < -0.39 is 65.8 Å². The third-order valence-electron chi connectivity index (χ3n) is 7.31. The average Bonchev–Trinajstić information content (AvgIpc) is 2.97. The van der Waals surface area contributed by atoms with Crippen molar-refractivity contribution in [3.63, 3.8) is 0 Å². The minimum Gasteiger partial charge on any atom is -0.496 e. The third-order valence-corrected chi connectivity index (χ3v) is 7.31. The van der Waals surface area contributed by atoms with E-state index in [2.05, 4.69) is 5.32 Å². The quantitative estimate of drug-likeness (QED) is 0.325. The maximum absolute atomic E-state index is 13.6. The summed E-state index contributed by atoms with van der Waals surface area (Å²) in [4.78, 5) is 43.6. The highest BCUT2D eigenvalue weighted by molar-refractivity contribution is 5.99. The number of carbonyl (C=O) groups excluding carboxylic acids is 3. The summed E-state index contributed by atoms with van der Waals surface area (Å²) in [5.41, 5.74) is -3.18. The second-order valence-corrected chi connectivity index (χ2v) is 10.9. The molecule has 0 aromatic heterocycles. The van der Waals surface area contributed by atoms with Gasteiger partial charge in [-0.3, -0.25) is 14.6 Å². The molecule has 254 valence electrons. The number of anilines is 1. The molecular weight excluding hydrogens is 626 g/mol. The number of methoxy groups -OCH3 is 2. The van der Waals surface area contributed by atoms with Gasteiger partial charge in [-0.15, -0.1) is 0 Å². The molecule has 0 spiro atoms.